The lowest BCUT2D eigenvalue weighted by Gasteiger charge is -2.23. The highest BCUT2D eigenvalue weighted by Gasteiger charge is 2.34. The Hall–Kier alpha value is -4.48. The van der Waals surface area contributed by atoms with Gasteiger partial charge in [-0.2, -0.15) is 0 Å². The first kappa shape index (κ1) is 41.7. The Bertz CT molecular complexity index is 2580. The average molecular weight is 1030 g/mol. The van der Waals surface area contributed by atoms with Gasteiger partial charge in [-0.15, -0.1) is 0 Å². The van der Waals surface area contributed by atoms with Crippen molar-refractivity contribution in [2.75, 3.05) is 13.2 Å². The lowest BCUT2D eigenvalue weighted by Crippen LogP contribution is -2.21. The van der Waals surface area contributed by atoms with Gasteiger partial charge in [0.1, 0.15) is 34.3 Å². The highest BCUT2D eigenvalue weighted by molar-refractivity contribution is 9.13. The monoisotopic (exact) mass is 1030 g/mol. The van der Waals surface area contributed by atoms with E-state index in [-0.39, 0.29) is 22.7 Å². The van der Waals surface area contributed by atoms with Crippen LogP contribution in [0.2, 0.25) is 0 Å². The highest BCUT2D eigenvalue weighted by Crippen LogP contribution is 2.41. The van der Waals surface area contributed by atoms with Gasteiger partial charge < -0.3 is 19.3 Å². The number of ether oxygens (including phenoxy) is 3. The quantitative estimate of drug-likeness (QED) is 0.0991. The molecule has 2 heterocycles. The van der Waals surface area contributed by atoms with E-state index in [9.17, 15) is 9.90 Å². The second kappa shape index (κ2) is 18.2. The van der Waals surface area contributed by atoms with Crippen LogP contribution in [0.4, 0.5) is 0 Å². The van der Waals surface area contributed by atoms with Crippen molar-refractivity contribution >= 4 is 87.1 Å². The minimum atomic E-state index is -0.288. The minimum absolute atomic E-state index is 0.100. The normalized spacial score (nSPS) is 15.4. The van der Waals surface area contributed by atoms with Gasteiger partial charge in [-0.25, -0.2) is 4.42 Å². The molecular formula is C48H39Br4O6+. The fourth-order valence-corrected chi connectivity index (χ4v) is 7.46. The molecule has 1 aromatic heterocycles. The summed E-state index contributed by atoms with van der Waals surface area (Å²) >= 11 is 14.3. The molecule has 10 heteroatoms. The Balaban J connectivity index is 1.30. The van der Waals surface area contributed by atoms with Crippen LogP contribution in [0.3, 0.4) is 0 Å². The molecule has 0 saturated carbocycles. The van der Waals surface area contributed by atoms with Crippen LogP contribution in [0.25, 0.3) is 40.2 Å². The summed E-state index contributed by atoms with van der Waals surface area (Å²) in [5.41, 5.74) is 4.91. The predicted molar refractivity (Wildman–Crippen MR) is 246 cm³/mol. The number of halogens is 4. The summed E-state index contributed by atoms with van der Waals surface area (Å²) in [5.74, 6) is 3.88. The Morgan fingerprint density at radius 2 is 1.21 bits per heavy atom. The third-order valence-corrected chi connectivity index (χ3v) is 12.9. The summed E-state index contributed by atoms with van der Waals surface area (Å²) in [6.45, 7) is 9.47. The lowest BCUT2D eigenvalue weighted by atomic mass is 9.85. The van der Waals surface area contributed by atoms with Crippen molar-refractivity contribution in [3.8, 4) is 34.1 Å². The SMILES string of the molecule is CC(C)COc1ccccc1C1=CC(=CC2=C(O)C(=Cc3cc(-c4ccc(Br)c(Br)c4)[o+]c(-c4ccccc4OCC(C)C)c3)C2=O)C=C(c2ccc(Br)c(Br)c2)O1. The van der Waals surface area contributed by atoms with Gasteiger partial charge in [0.05, 0.1) is 47.6 Å². The van der Waals surface area contributed by atoms with Crippen LogP contribution in [-0.2, 0) is 9.53 Å². The summed E-state index contributed by atoms with van der Waals surface area (Å²) in [4.78, 5) is 13.9. The fraction of sp³-hybridized carbons (Fsp3) is 0.167. The number of rotatable bonds is 12. The predicted octanol–water partition coefficient (Wildman–Crippen LogP) is 14.8. The largest absolute Gasteiger partial charge is 0.506 e. The first-order valence-corrected chi connectivity index (χ1v) is 21.9. The Labute approximate surface area is 372 Å². The molecular weight excluding hydrogens is 992 g/mol. The number of Topliss-reactive ketones (excluding diaryl/α,β-unsaturated/α-hetero) is 1. The van der Waals surface area contributed by atoms with Crippen molar-refractivity contribution in [3.63, 3.8) is 0 Å². The zero-order valence-corrected chi connectivity index (χ0v) is 38.5. The standard InChI is InChI=1S/C48H38Br4O6/c1-27(2)25-55-41-11-7-5-9-33(41)45-21-29(19-43(57-45)31-13-15-37(49)39(51)23-31)17-35-47(53)36(48(35)54)18-30-20-44(32-14-16-38(50)40(52)24-32)58-46(22-30)34-10-6-8-12-42(34)56-26-28(3)4/h5-24,27-28H,25-26H2,1-4H3/p+1. The second-order valence-corrected chi connectivity index (χ2v) is 18.1. The summed E-state index contributed by atoms with van der Waals surface area (Å²) in [7, 11) is 0. The number of para-hydroxylation sites is 2. The molecule has 294 valence electrons. The van der Waals surface area contributed by atoms with Crippen LogP contribution in [0.15, 0.2) is 160 Å². The maximum atomic E-state index is 13.9. The molecule has 58 heavy (non-hydrogen) atoms. The van der Waals surface area contributed by atoms with Gasteiger partial charge in [0.25, 0.3) is 0 Å². The lowest BCUT2D eigenvalue weighted by molar-refractivity contribution is -0.113. The van der Waals surface area contributed by atoms with Crippen molar-refractivity contribution in [2.24, 2.45) is 11.8 Å². The second-order valence-electron chi connectivity index (χ2n) is 14.7. The molecule has 2 aliphatic rings. The van der Waals surface area contributed by atoms with E-state index >= 15 is 0 Å². The maximum Gasteiger partial charge on any atom is 0.365 e. The maximum absolute atomic E-state index is 13.9. The molecule has 0 radical (unpaired) electrons. The first-order valence-electron chi connectivity index (χ1n) is 18.7. The van der Waals surface area contributed by atoms with E-state index in [1.807, 2.05) is 109 Å². The van der Waals surface area contributed by atoms with Crippen LogP contribution >= 0.6 is 63.7 Å². The number of carbonyl (C=O) groups is 1. The minimum Gasteiger partial charge on any atom is -0.506 e. The Kier molecular flexibility index (Phi) is 13.1. The summed E-state index contributed by atoms with van der Waals surface area (Å²) in [6, 6.07) is 30.8. The molecule has 1 aliphatic carbocycles. The van der Waals surface area contributed by atoms with Gasteiger partial charge in [0.15, 0.2) is 0 Å². The van der Waals surface area contributed by atoms with Crippen molar-refractivity contribution in [3.05, 3.63) is 172 Å². The van der Waals surface area contributed by atoms with Crippen molar-refractivity contribution in [1.82, 2.24) is 0 Å². The van der Waals surface area contributed by atoms with Crippen LogP contribution in [-0.4, -0.2) is 24.1 Å². The molecule has 6 nitrogen and oxygen atoms in total. The van der Waals surface area contributed by atoms with Crippen molar-refractivity contribution < 1.29 is 28.5 Å². The molecule has 0 amide bonds. The van der Waals surface area contributed by atoms with E-state index < -0.39 is 0 Å². The molecule has 1 aliphatic heterocycles. The zero-order chi connectivity index (χ0) is 41.1. The number of aliphatic hydroxyl groups is 1. The van der Waals surface area contributed by atoms with Crippen LogP contribution in [0.1, 0.15) is 44.4 Å². The van der Waals surface area contributed by atoms with Gasteiger partial charge >= 0.3 is 11.5 Å². The number of hydrogen-bond acceptors (Lipinski definition) is 5. The van der Waals surface area contributed by atoms with E-state index in [2.05, 4.69) is 91.4 Å². The zero-order valence-electron chi connectivity index (χ0n) is 32.1. The number of benzene rings is 4. The third-order valence-electron chi connectivity index (χ3n) is 9.11. The third kappa shape index (κ3) is 9.52. The Morgan fingerprint density at radius 1 is 0.655 bits per heavy atom. The van der Waals surface area contributed by atoms with E-state index in [0.717, 1.165) is 40.1 Å². The smallest absolute Gasteiger partial charge is 0.365 e. The highest BCUT2D eigenvalue weighted by atomic mass is 79.9. The van der Waals surface area contributed by atoms with E-state index in [1.54, 1.807) is 12.2 Å². The number of carbonyl (C=O) groups excluding carboxylic acids is 1. The van der Waals surface area contributed by atoms with Gasteiger partial charge in [-0.05, 0) is 166 Å². The van der Waals surface area contributed by atoms with Gasteiger partial charge in [0.2, 0.25) is 5.78 Å². The number of aliphatic hydroxyl groups excluding tert-OH is 1. The Morgan fingerprint density at radius 3 is 1.83 bits per heavy atom. The van der Waals surface area contributed by atoms with Crippen molar-refractivity contribution in [1.29, 1.82) is 0 Å². The molecule has 0 fully saturated rings. The molecule has 0 unspecified atom stereocenters. The van der Waals surface area contributed by atoms with Crippen molar-refractivity contribution in [2.45, 2.75) is 27.7 Å². The molecule has 0 atom stereocenters. The van der Waals surface area contributed by atoms with E-state index in [1.165, 1.54) is 0 Å². The van der Waals surface area contributed by atoms with Crippen LogP contribution in [0, 0.1) is 11.8 Å². The molecule has 0 spiro atoms. The fourth-order valence-electron chi connectivity index (χ4n) is 6.21. The molecule has 7 rings (SSSR count). The first-order chi connectivity index (χ1) is 27.8. The molecule has 0 bridgehead atoms. The summed E-state index contributed by atoms with van der Waals surface area (Å²) < 4.78 is 29.0. The topological polar surface area (TPSA) is 76.3 Å². The van der Waals surface area contributed by atoms with Crippen LogP contribution < -0.4 is 9.47 Å². The van der Waals surface area contributed by atoms with E-state index in [0.29, 0.717) is 70.7 Å². The summed E-state index contributed by atoms with van der Waals surface area (Å²) in [6.07, 6.45) is 7.11. The number of hydrogen-bond donors (Lipinski definition) is 1. The van der Waals surface area contributed by atoms with Gasteiger partial charge in [-0.3, -0.25) is 4.79 Å². The molecule has 0 saturated heterocycles. The number of ketones is 1. The van der Waals surface area contributed by atoms with Gasteiger partial charge in [0, 0.05) is 23.5 Å². The summed E-state index contributed by atoms with van der Waals surface area (Å²) in [5, 5.41) is 11.5. The molecule has 4 aromatic carbocycles. The number of allylic oxidation sites excluding steroid dienone is 6. The average Bonchev–Trinajstić information content (AvgIpc) is 3.22. The molecule has 1 N–H and O–H groups in total. The van der Waals surface area contributed by atoms with Crippen LogP contribution in [0.5, 0.6) is 11.5 Å². The molecule has 5 aromatic rings. The van der Waals surface area contributed by atoms with Gasteiger partial charge in [-0.1, -0.05) is 58.0 Å². The van der Waals surface area contributed by atoms with E-state index in [4.69, 9.17) is 18.6 Å².